The average molecular weight is 213 g/mol. The summed E-state index contributed by atoms with van der Waals surface area (Å²) in [5.74, 6) is 0. The molecule has 0 aliphatic carbocycles. The lowest BCUT2D eigenvalue weighted by atomic mass is 10.1. The second-order valence-corrected chi connectivity index (χ2v) is 3.60. The van der Waals surface area contributed by atoms with Crippen molar-refractivity contribution in [3.05, 3.63) is 22.2 Å². The average Bonchev–Trinajstić information content (AvgIpc) is 2.46. The van der Waals surface area contributed by atoms with Crippen LogP contribution in [0.3, 0.4) is 0 Å². The number of hydrogen-bond donors (Lipinski definition) is 0. The third kappa shape index (κ3) is 1.06. The molecule has 11 heavy (non-hydrogen) atoms. The topological polar surface area (TPSA) is 13.1 Å². The first-order valence-corrected chi connectivity index (χ1v) is 4.61. The molecule has 0 aliphatic rings. The lowest BCUT2D eigenvalue weighted by Crippen LogP contribution is -1.79. The molecule has 2 rings (SSSR count). The van der Waals surface area contributed by atoms with Gasteiger partial charge in [-0.2, -0.15) is 0 Å². The molecule has 2 heterocycles. The van der Waals surface area contributed by atoms with Gasteiger partial charge in [-0.25, -0.2) is 0 Å². The minimum atomic E-state index is 0.982. The van der Waals surface area contributed by atoms with E-state index in [1.165, 1.54) is 12.0 Å². The molecular formula is C9H9BrO. The van der Waals surface area contributed by atoms with E-state index in [2.05, 4.69) is 28.9 Å². The molecule has 0 spiro atoms. The van der Waals surface area contributed by atoms with Gasteiger partial charge < -0.3 is 4.42 Å². The predicted molar refractivity (Wildman–Crippen MR) is 49.1 cm³/mol. The van der Waals surface area contributed by atoms with E-state index in [9.17, 15) is 0 Å². The largest absolute Gasteiger partial charge is 0.456 e. The summed E-state index contributed by atoms with van der Waals surface area (Å²) >= 11 is 3.44. The fourth-order valence-electron chi connectivity index (χ4n) is 1.37. The van der Waals surface area contributed by atoms with E-state index in [1.807, 2.05) is 6.07 Å². The summed E-state index contributed by atoms with van der Waals surface area (Å²) in [5.41, 5.74) is 3.34. The van der Waals surface area contributed by atoms with Crippen LogP contribution in [0, 0.1) is 0 Å². The zero-order valence-electron chi connectivity index (χ0n) is 6.36. The lowest BCUT2D eigenvalue weighted by molar-refractivity contribution is 0.670. The SMILES string of the molecule is CCCc1cc2cc(Br)c1o2. The summed E-state index contributed by atoms with van der Waals surface area (Å²) in [6, 6.07) is 4.12. The highest BCUT2D eigenvalue weighted by atomic mass is 79.9. The first-order chi connectivity index (χ1) is 5.31. The molecule has 2 bridgehead atoms. The van der Waals surface area contributed by atoms with Gasteiger partial charge in [-0.05, 0) is 40.0 Å². The Balaban J connectivity index is 2.49. The van der Waals surface area contributed by atoms with Crippen molar-refractivity contribution in [1.29, 1.82) is 0 Å². The Hall–Kier alpha value is -0.500. The third-order valence-corrected chi connectivity index (χ3v) is 2.42. The number of hydrogen-bond acceptors (Lipinski definition) is 1. The van der Waals surface area contributed by atoms with Gasteiger partial charge in [0.2, 0.25) is 0 Å². The van der Waals surface area contributed by atoms with E-state index in [0.29, 0.717) is 0 Å². The van der Waals surface area contributed by atoms with Crippen LogP contribution in [-0.4, -0.2) is 0 Å². The zero-order chi connectivity index (χ0) is 7.84. The van der Waals surface area contributed by atoms with Gasteiger partial charge in [0.05, 0.1) is 4.47 Å². The van der Waals surface area contributed by atoms with E-state index in [1.54, 1.807) is 0 Å². The lowest BCUT2D eigenvalue weighted by Gasteiger charge is -1.92. The molecule has 0 amide bonds. The van der Waals surface area contributed by atoms with Crippen molar-refractivity contribution in [2.75, 3.05) is 0 Å². The molecule has 1 nitrogen and oxygen atoms in total. The molecule has 0 saturated heterocycles. The summed E-state index contributed by atoms with van der Waals surface area (Å²) in [7, 11) is 0. The van der Waals surface area contributed by atoms with Crippen molar-refractivity contribution < 1.29 is 4.42 Å². The molecule has 2 aromatic rings. The molecule has 0 N–H and O–H groups in total. The highest BCUT2D eigenvalue weighted by Gasteiger charge is 2.10. The maximum absolute atomic E-state index is 5.45. The molecule has 0 aliphatic heterocycles. The van der Waals surface area contributed by atoms with Gasteiger partial charge >= 0.3 is 0 Å². The van der Waals surface area contributed by atoms with Crippen LogP contribution in [0.4, 0.5) is 0 Å². The summed E-state index contributed by atoms with van der Waals surface area (Å²) < 4.78 is 6.55. The summed E-state index contributed by atoms with van der Waals surface area (Å²) in [6.07, 6.45) is 2.29. The molecule has 2 heteroatoms. The number of halogens is 1. The highest BCUT2D eigenvalue weighted by molar-refractivity contribution is 9.10. The molecular weight excluding hydrogens is 204 g/mol. The normalized spacial score (nSPS) is 11.5. The van der Waals surface area contributed by atoms with Crippen LogP contribution in [0.25, 0.3) is 11.2 Å². The van der Waals surface area contributed by atoms with Crippen LogP contribution in [0.5, 0.6) is 0 Å². The molecule has 0 aromatic carbocycles. The first-order valence-electron chi connectivity index (χ1n) is 3.81. The Morgan fingerprint density at radius 3 is 2.82 bits per heavy atom. The van der Waals surface area contributed by atoms with E-state index < -0.39 is 0 Å². The quantitative estimate of drug-likeness (QED) is 0.742. The van der Waals surface area contributed by atoms with Gasteiger partial charge in [-0.1, -0.05) is 13.3 Å². The Labute approximate surface area is 73.8 Å². The smallest absolute Gasteiger partial charge is 0.145 e. The minimum absolute atomic E-state index is 0.982. The van der Waals surface area contributed by atoms with Crippen molar-refractivity contribution in [1.82, 2.24) is 0 Å². The molecule has 2 aromatic heterocycles. The fourth-order valence-corrected chi connectivity index (χ4v) is 1.93. The van der Waals surface area contributed by atoms with Crippen LogP contribution in [0.15, 0.2) is 21.0 Å². The van der Waals surface area contributed by atoms with Crippen LogP contribution < -0.4 is 0 Å². The molecule has 0 fully saturated rings. The first kappa shape index (κ1) is 7.17. The van der Waals surface area contributed by atoms with Gasteiger partial charge in [-0.3, -0.25) is 0 Å². The second-order valence-electron chi connectivity index (χ2n) is 2.75. The molecule has 0 radical (unpaired) electrons. The fraction of sp³-hybridized carbons (Fsp3) is 0.333. The predicted octanol–water partition coefficient (Wildman–Crippen LogP) is 3.59. The van der Waals surface area contributed by atoms with Crippen LogP contribution in [-0.2, 0) is 6.42 Å². The Bertz CT molecular complexity index is 350. The number of benzene rings is 1. The third-order valence-electron chi connectivity index (χ3n) is 1.83. The number of aryl methyl sites for hydroxylation is 1. The highest BCUT2D eigenvalue weighted by Crippen LogP contribution is 2.31. The number of fused-ring (bicyclic) bond motifs is 2. The van der Waals surface area contributed by atoms with E-state index in [4.69, 9.17) is 4.42 Å². The molecule has 58 valence electrons. The maximum atomic E-state index is 5.45. The van der Waals surface area contributed by atoms with Crippen molar-refractivity contribution in [3.8, 4) is 0 Å². The second kappa shape index (κ2) is 2.52. The summed E-state index contributed by atoms with van der Waals surface area (Å²) in [5, 5.41) is 0. The minimum Gasteiger partial charge on any atom is -0.456 e. The van der Waals surface area contributed by atoms with E-state index >= 15 is 0 Å². The van der Waals surface area contributed by atoms with Crippen molar-refractivity contribution in [2.45, 2.75) is 19.8 Å². The maximum Gasteiger partial charge on any atom is 0.145 e. The number of furan rings is 2. The van der Waals surface area contributed by atoms with Gasteiger partial charge in [0, 0.05) is 0 Å². The van der Waals surface area contributed by atoms with Crippen molar-refractivity contribution in [2.24, 2.45) is 0 Å². The monoisotopic (exact) mass is 212 g/mol. The van der Waals surface area contributed by atoms with Crippen LogP contribution in [0.2, 0.25) is 0 Å². The molecule has 0 atom stereocenters. The summed E-state index contributed by atoms with van der Waals surface area (Å²) in [6.45, 7) is 2.18. The number of rotatable bonds is 2. The van der Waals surface area contributed by atoms with Crippen LogP contribution >= 0.6 is 15.9 Å². The Morgan fingerprint density at radius 1 is 1.45 bits per heavy atom. The van der Waals surface area contributed by atoms with Gasteiger partial charge in [0.25, 0.3) is 0 Å². The van der Waals surface area contributed by atoms with Crippen molar-refractivity contribution >= 4 is 27.1 Å². The zero-order valence-corrected chi connectivity index (χ0v) is 7.94. The van der Waals surface area contributed by atoms with Crippen molar-refractivity contribution in [3.63, 3.8) is 0 Å². The standard InChI is InChI=1S/C9H9BrO/c1-2-3-6-4-7-5-8(10)9(6)11-7/h4-5H,2-3H2,1H3. The summed E-state index contributed by atoms with van der Waals surface area (Å²) in [4.78, 5) is 0. The van der Waals surface area contributed by atoms with Gasteiger partial charge in [0.1, 0.15) is 11.2 Å². The van der Waals surface area contributed by atoms with Gasteiger partial charge in [-0.15, -0.1) is 0 Å². The molecule has 0 saturated carbocycles. The Morgan fingerprint density at radius 2 is 2.27 bits per heavy atom. The van der Waals surface area contributed by atoms with Crippen LogP contribution in [0.1, 0.15) is 18.9 Å². The molecule has 0 unspecified atom stereocenters. The van der Waals surface area contributed by atoms with Gasteiger partial charge in [0.15, 0.2) is 0 Å². The van der Waals surface area contributed by atoms with E-state index in [-0.39, 0.29) is 0 Å². The Kier molecular flexibility index (Phi) is 1.64. The van der Waals surface area contributed by atoms with E-state index in [0.717, 1.165) is 22.1 Å².